The Morgan fingerprint density at radius 1 is 1.22 bits per heavy atom. The lowest BCUT2D eigenvalue weighted by molar-refractivity contribution is -0.126. The standard InChI is InChI=1S/C15H16N2O/c1-17-14(16-10-15(17)18)9-12-7-4-6-11-5-2-3-8-13(11)12/h2-8,14,16H,9-10H2,1H3/t14-/m0/s1. The minimum Gasteiger partial charge on any atom is -0.329 e. The minimum absolute atomic E-state index is 0.114. The molecule has 18 heavy (non-hydrogen) atoms. The van der Waals surface area contributed by atoms with Crippen LogP contribution in [0.1, 0.15) is 5.56 Å². The highest BCUT2D eigenvalue weighted by Crippen LogP contribution is 2.21. The van der Waals surface area contributed by atoms with Crippen molar-refractivity contribution in [3.05, 3.63) is 48.0 Å². The summed E-state index contributed by atoms with van der Waals surface area (Å²) in [5, 5.41) is 5.77. The van der Waals surface area contributed by atoms with Gasteiger partial charge in [0.1, 0.15) is 0 Å². The molecule has 1 fully saturated rings. The number of rotatable bonds is 2. The molecule has 3 nitrogen and oxygen atoms in total. The lowest BCUT2D eigenvalue weighted by Crippen LogP contribution is -2.36. The molecule has 3 heteroatoms. The number of carbonyl (C=O) groups is 1. The van der Waals surface area contributed by atoms with Crippen molar-refractivity contribution in [3.8, 4) is 0 Å². The van der Waals surface area contributed by atoms with Gasteiger partial charge in [-0.1, -0.05) is 42.5 Å². The van der Waals surface area contributed by atoms with Crippen LogP contribution < -0.4 is 5.32 Å². The van der Waals surface area contributed by atoms with Crippen LogP contribution in [0.25, 0.3) is 10.8 Å². The average molecular weight is 240 g/mol. The maximum atomic E-state index is 11.5. The Kier molecular flexibility index (Phi) is 2.76. The van der Waals surface area contributed by atoms with Crippen LogP contribution in [-0.2, 0) is 11.2 Å². The van der Waals surface area contributed by atoms with E-state index in [0.717, 1.165) is 6.42 Å². The van der Waals surface area contributed by atoms with E-state index in [4.69, 9.17) is 0 Å². The second kappa shape index (κ2) is 4.42. The quantitative estimate of drug-likeness (QED) is 0.867. The Labute approximate surface area is 106 Å². The summed E-state index contributed by atoms with van der Waals surface area (Å²) in [5.41, 5.74) is 1.28. The molecule has 1 saturated heterocycles. The van der Waals surface area contributed by atoms with Gasteiger partial charge in [-0.15, -0.1) is 0 Å². The Morgan fingerprint density at radius 2 is 2.00 bits per heavy atom. The first-order valence-electron chi connectivity index (χ1n) is 6.21. The summed E-state index contributed by atoms with van der Waals surface area (Å²) in [5.74, 6) is 0.167. The van der Waals surface area contributed by atoms with Crippen molar-refractivity contribution in [2.24, 2.45) is 0 Å². The van der Waals surface area contributed by atoms with Crippen molar-refractivity contribution in [1.82, 2.24) is 10.2 Å². The van der Waals surface area contributed by atoms with Crippen molar-refractivity contribution in [1.29, 1.82) is 0 Å². The molecule has 0 bridgehead atoms. The van der Waals surface area contributed by atoms with Crippen molar-refractivity contribution >= 4 is 16.7 Å². The largest absolute Gasteiger partial charge is 0.329 e. The van der Waals surface area contributed by atoms with Gasteiger partial charge in [-0.05, 0) is 16.3 Å². The van der Waals surface area contributed by atoms with E-state index in [1.54, 1.807) is 4.90 Å². The van der Waals surface area contributed by atoms with Gasteiger partial charge in [0.2, 0.25) is 5.91 Å². The van der Waals surface area contributed by atoms with Crippen molar-refractivity contribution in [3.63, 3.8) is 0 Å². The molecule has 1 aliphatic rings. The van der Waals surface area contributed by atoms with E-state index < -0.39 is 0 Å². The third-order valence-corrected chi connectivity index (χ3v) is 3.64. The number of likely N-dealkylation sites (N-methyl/N-ethyl adjacent to an activating group) is 1. The molecule has 2 aromatic carbocycles. The van der Waals surface area contributed by atoms with Crippen molar-refractivity contribution in [2.45, 2.75) is 12.6 Å². The number of nitrogens with zero attached hydrogens (tertiary/aromatic N) is 1. The number of amides is 1. The number of hydrogen-bond acceptors (Lipinski definition) is 2. The normalized spacial score (nSPS) is 19.7. The Morgan fingerprint density at radius 3 is 2.78 bits per heavy atom. The molecule has 3 rings (SSSR count). The molecule has 1 heterocycles. The molecular weight excluding hydrogens is 224 g/mol. The van der Waals surface area contributed by atoms with Gasteiger partial charge in [-0.3, -0.25) is 10.1 Å². The summed E-state index contributed by atoms with van der Waals surface area (Å²) in [4.78, 5) is 13.3. The summed E-state index contributed by atoms with van der Waals surface area (Å²) >= 11 is 0. The predicted molar refractivity (Wildman–Crippen MR) is 72.2 cm³/mol. The number of hydrogen-bond donors (Lipinski definition) is 1. The zero-order chi connectivity index (χ0) is 12.5. The second-order valence-electron chi connectivity index (χ2n) is 4.74. The van der Waals surface area contributed by atoms with E-state index in [2.05, 4.69) is 47.8 Å². The highest BCUT2D eigenvalue weighted by Gasteiger charge is 2.27. The molecule has 92 valence electrons. The zero-order valence-electron chi connectivity index (χ0n) is 10.4. The van der Waals surface area contributed by atoms with Gasteiger partial charge in [0.05, 0.1) is 12.7 Å². The van der Waals surface area contributed by atoms with E-state index in [1.165, 1.54) is 16.3 Å². The molecule has 1 aliphatic heterocycles. The van der Waals surface area contributed by atoms with Gasteiger partial charge < -0.3 is 4.90 Å². The van der Waals surface area contributed by atoms with E-state index in [1.807, 2.05) is 7.05 Å². The van der Waals surface area contributed by atoms with Crippen LogP contribution in [0.4, 0.5) is 0 Å². The zero-order valence-corrected chi connectivity index (χ0v) is 10.4. The Bertz CT molecular complexity index is 589. The molecule has 2 aromatic rings. The third-order valence-electron chi connectivity index (χ3n) is 3.64. The van der Waals surface area contributed by atoms with E-state index >= 15 is 0 Å². The maximum Gasteiger partial charge on any atom is 0.237 e. The second-order valence-corrected chi connectivity index (χ2v) is 4.74. The molecule has 0 aromatic heterocycles. The predicted octanol–water partition coefficient (Wildman–Crippen LogP) is 1.77. The van der Waals surface area contributed by atoms with Crippen molar-refractivity contribution in [2.75, 3.05) is 13.6 Å². The first-order valence-corrected chi connectivity index (χ1v) is 6.21. The fourth-order valence-corrected chi connectivity index (χ4v) is 2.53. The van der Waals surface area contributed by atoms with Crippen LogP contribution in [0.5, 0.6) is 0 Å². The topological polar surface area (TPSA) is 32.3 Å². The molecule has 0 saturated carbocycles. The van der Waals surface area contributed by atoms with Gasteiger partial charge >= 0.3 is 0 Å². The van der Waals surface area contributed by atoms with Crippen LogP contribution in [-0.4, -0.2) is 30.6 Å². The van der Waals surface area contributed by atoms with Gasteiger partial charge in [0.15, 0.2) is 0 Å². The fourth-order valence-electron chi connectivity index (χ4n) is 2.53. The third kappa shape index (κ3) is 1.87. The van der Waals surface area contributed by atoms with E-state index in [9.17, 15) is 4.79 Å². The highest BCUT2D eigenvalue weighted by atomic mass is 16.2. The first-order chi connectivity index (χ1) is 8.75. The number of nitrogens with one attached hydrogen (secondary N) is 1. The highest BCUT2D eigenvalue weighted by molar-refractivity contribution is 5.86. The molecule has 1 N–H and O–H groups in total. The van der Waals surface area contributed by atoms with Crippen LogP contribution in [0.3, 0.4) is 0 Å². The summed E-state index contributed by atoms with van der Waals surface area (Å²) in [6, 6.07) is 14.7. The molecule has 0 unspecified atom stereocenters. The molecular formula is C15H16N2O. The van der Waals surface area contributed by atoms with Crippen LogP contribution in [0, 0.1) is 0 Å². The average Bonchev–Trinajstić information content (AvgIpc) is 2.71. The van der Waals surface area contributed by atoms with Gasteiger partial charge in [0.25, 0.3) is 0 Å². The lowest BCUT2D eigenvalue weighted by Gasteiger charge is -2.20. The Balaban J connectivity index is 1.93. The fraction of sp³-hybridized carbons (Fsp3) is 0.267. The van der Waals surface area contributed by atoms with Crippen LogP contribution in [0.2, 0.25) is 0 Å². The lowest BCUT2D eigenvalue weighted by atomic mass is 10.0. The minimum atomic E-state index is 0.114. The maximum absolute atomic E-state index is 11.5. The van der Waals surface area contributed by atoms with Gasteiger partial charge in [-0.25, -0.2) is 0 Å². The summed E-state index contributed by atoms with van der Waals surface area (Å²) in [6.45, 7) is 0.450. The molecule has 1 amide bonds. The van der Waals surface area contributed by atoms with Crippen LogP contribution >= 0.6 is 0 Å². The van der Waals surface area contributed by atoms with E-state index in [-0.39, 0.29) is 12.1 Å². The smallest absolute Gasteiger partial charge is 0.237 e. The van der Waals surface area contributed by atoms with Gasteiger partial charge in [-0.2, -0.15) is 0 Å². The summed E-state index contributed by atoms with van der Waals surface area (Å²) < 4.78 is 0. The van der Waals surface area contributed by atoms with E-state index in [0.29, 0.717) is 6.54 Å². The summed E-state index contributed by atoms with van der Waals surface area (Å²) in [6.07, 6.45) is 0.965. The number of fused-ring (bicyclic) bond motifs is 1. The number of carbonyl (C=O) groups excluding carboxylic acids is 1. The molecule has 0 spiro atoms. The molecule has 0 aliphatic carbocycles. The first kappa shape index (κ1) is 11.2. The Hall–Kier alpha value is -1.87. The van der Waals surface area contributed by atoms with Gasteiger partial charge in [0, 0.05) is 13.5 Å². The number of benzene rings is 2. The molecule has 0 radical (unpaired) electrons. The molecule has 1 atom stereocenters. The SMILES string of the molecule is CN1C(=O)CN[C@@H]1Cc1cccc2ccccc12. The monoisotopic (exact) mass is 240 g/mol. The van der Waals surface area contributed by atoms with Crippen LogP contribution in [0.15, 0.2) is 42.5 Å². The summed E-state index contributed by atoms with van der Waals surface area (Å²) in [7, 11) is 1.86. The van der Waals surface area contributed by atoms with Crippen molar-refractivity contribution < 1.29 is 4.79 Å².